The number of carbonyl (C=O) groups is 2. The number of anilines is 2. The first kappa shape index (κ1) is 22.1. The number of pyridine rings is 1. The fourth-order valence-electron chi connectivity index (χ4n) is 3.50. The summed E-state index contributed by atoms with van der Waals surface area (Å²) in [5, 5.41) is 6.07. The van der Waals surface area contributed by atoms with Crippen LogP contribution in [0.15, 0.2) is 42.7 Å². The number of benzene rings is 1. The Morgan fingerprint density at radius 3 is 2.69 bits per heavy atom. The molecule has 1 saturated carbocycles. The van der Waals surface area contributed by atoms with Crippen LogP contribution in [0.5, 0.6) is 0 Å². The van der Waals surface area contributed by atoms with Gasteiger partial charge in [0.05, 0.1) is 12.1 Å². The molecular formula is C24H25FN4O2S. The Hall–Kier alpha value is -3.13. The van der Waals surface area contributed by atoms with Crippen LogP contribution in [0.2, 0.25) is 0 Å². The quantitative estimate of drug-likeness (QED) is 0.521. The summed E-state index contributed by atoms with van der Waals surface area (Å²) >= 11 is 1.48. The van der Waals surface area contributed by atoms with Crippen LogP contribution in [0, 0.1) is 5.82 Å². The highest BCUT2D eigenvalue weighted by Gasteiger charge is 2.39. The van der Waals surface area contributed by atoms with Crippen molar-refractivity contribution in [3.63, 3.8) is 0 Å². The van der Waals surface area contributed by atoms with Crippen molar-refractivity contribution in [1.82, 2.24) is 9.97 Å². The molecule has 2 amide bonds. The Balaban J connectivity index is 1.32. The molecule has 6 nitrogen and oxygen atoms in total. The molecule has 1 aromatic carbocycles. The number of hydrogen-bond acceptors (Lipinski definition) is 5. The van der Waals surface area contributed by atoms with E-state index in [0.717, 1.165) is 41.7 Å². The van der Waals surface area contributed by atoms with E-state index in [1.165, 1.54) is 24.3 Å². The van der Waals surface area contributed by atoms with E-state index in [-0.39, 0.29) is 29.3 Å². The normalized spacial score (nSPS) is 14.1. The van der Waals surface area contributed by atoms with E-state index in [4.69, 9.17) is 0 Å². The largest absolute Gasteiger partial charge is 0.323 e. The van der Waals surface area contributed by atoms with Gasteiger partial charge in [0.15, 0.2) is 0 Å². The molecular weight excluding hydrogens is 427 g/mol. The summed E-state index contributed by atoms with van der Waals surface area (Å²) in [6.07, 6.45) is 7.24. The summed E-state index contributed by atoms with van der Waals surface area (Å²) in [6, 6.07) is 8.73. The lowest BCUT2D eigenvalue weighted by molar-refractivity contribution is -0.116. The van der Waals surface area contributed by atoms with Crippen LogP contribution in [0.3, 0.4) is 0 Å². The van der Waals surface area contributed by atoms with E-state index in [0.29, 0.717) is 10.8 Å². The molecule has 3 aromatic rings. The smallest absolute Gasteiger partial charge is 0.231 e. The first-order valence-corrected chi connectivity index (χ1v) is 11.4. The molecule has 4 rings (SSSR count). The standard InChI is InChI=1S/C24H25FN4O2S/c1-15(30)28-21-11-16(7-10-26-21)3-5-18-14-27-23(32-18)13-22(31)29-20-12-17(4-6-19(20)25)24(2)8-9-24/h4,6-7,10-12,14H,3,5,8-9,13H2,1-2H3,(H,29,31)(H,26,28,30). The van der Waals surface area contributed by atoms with Gasteiger partial charge < -0.3 is 10.6 Å². The molecule has 0 unspecified atom stereocenters. The minimum Gasteiger partial charge on any atom is -0.323 e. The lowest BCUT2D eigenvalue weighted by Crippen LogP contribution is -2.16. The zero-order valence-electron chi connectivity index (χ0n) is 18.1. The van der Waals surface area contributed by atoms with E-state index in [2.05, 4.69) is 27.5 Å². The number of carbonyl (C=O) groups excluding carboxylic acids is 2. The fourth-order valence-corrected chi connectivity index (χ4v) is 4.42. The Morgan fingerprint density at radius 1 is 1.12 bits per heavy atom. The highest BCUT2D eigenvalue weighted by atomic mass is 32.1. The molecule has 1 aliphatic rings. The monoisotopic (exact) mass is 452 g/mol. The zero-order chi connectivity index (χ0) is 22.7. The van der Waals surface area contributed by atoms with E-state index >= 15 is 0 Å². The number of hydrogen-bond donors (Lipinski definition) is 2. The highest BCUT2D eigenvalue weighted by Crippen LogP contribution is 2.48. The molecule has 0 bridgehead atoms. The van der Waals surface area contributed by atoms with Crippen LogP contribution in [-0.4, -0.2) is 21.8 Å². The van der Waals surface area contributed by atoms with Gasteiger partial charge in [-0.05, 0) is 66.5 Å². The lowest BCUT2D eigenvalue weighted by atomic mass is 9.98. The van der Waals surface area contributed by atoms with Crippen LogP contribution < -0.4 is 10.6 Å². The summed E-state index contributed by atoms with van der Waals surface area (Å²) in [6.45, 7) is 3.59. The predicted octanol–water partition coefficient (Wildman–Crippen LogP) is 4.65. The summed E-state index contributed by atoms with van der Waals surface area (Å²) < 4.78 is 14.2. The van der Waals surface area contributed by atoms with E-state index < -0.39 is 5.82 Å². The zero-order valence-corrected chi connectivity index (χ0v) is 18.9. The molecule has 32 heavy (non-hydrogen) atoms. The van der Waals surface area contributed by atoms with Crippen LogP contribution in [0.4, 0.5) is 15.9 Å². The van der Waals surface area contributed by atoms with Gasteiger partial charge in [-0.2, -0.15) is 0 Å². The predicted molar refractivity (Wildman–Crippen MR) is 123 cm³/mol. The number of nitrogens with zero attached hydrogens (tertiary/aromatic N) is 2. The fraction of sp³-hybridized carbons (Fsp3) is 0.333. The van der Waals surface area contributed by atoms with Crippen LogP contribution in [0.1, 0.15) is 47.7 Å². The second-order valence-corrected chi connectivity index (χ2v) is 9.63. The first-order chi connectivity index (χ1) is 15.3. The maximum absolute atomic E-state index is 14.2. The van der Waals surface area contributed by atoms with Crippen molar-refractivity contribution in [2.24, 2.45) is 0 Å². The highest BCUT2D eigenvalue weighted by molar-refractivity contribution is 7.11. The maximum Gasteiger partial charge on any atom is 0.231 e. The van der Waals surface area contributed by atoms with Crippen molar-refractivity contribution in [3.8, 4) is 0 Å². The van der Waals surface area contributed by atoms with Gasteiger partial charge >= 0.3 is 0 Å². The van der Waals surface area contributed by atoms with Gasteiger partial charge in [-0.15, -0.1) is 11.3 Å². The molecule has 0 saturated heterocycles. The Morgan fingerprint density at radius 2 is 1.94 bits per heavy atom. The average molecular weight is 453 g/mol. The number of halogens is 1. The Kier molecular flexibility index (Phi) is 6.32. The van der Waals surface area contributed by atoms with Crippen LogP contribution >= 0.6 is 11.3 Å². The third kappa shape index (κ3) is 5.56. The van der Waals surface area contributed by atoms with Crippen molar-refractivity contribution in [1.29, 1.82) is 0 Å². The average Bonchev–Trinajstić information content (AvgIpc) is 3.34. The Labute approximate surface area is 190 Å². The number of aromatic nitrogens is 2. The van der Waals surface area contributed by atoms with Crippen molar-refractivity contribution in [2.45, 2.75) is 51.4 Å². The van der Waals surface area contributed by atoms with Crippen molar-refractivity contribution in [3.05, 3.63) is 69.6 Å². The van der Waals surface area contributed by atoms with Gasteiger partial charge in [0.1, 0.15) is 16.6 Å². The summed E-state index contributed by atoms with van der Waals surface area (Å²) in [5.74, 6) is -0.337. The summed E-state index contributed by atoms with van der Waals surface area (Å²) in [7, 11) is 0. The van der Waals surface area contributed by atoms with Crippen LogP contribution in [0.25, 0.3) is 0 Å². The third-order valence-corrected chi connectivity index (χ3v) is 6.70. The molecule has 166 valence electrons. The topological polar surface area (TPSA) is 84.0 Å². The van der Waals surface area contributed by atoms with Gasteiger partial charge in [-0.25, -0.2) is 14.4 Å². The van der Waals surface area contributed by atoms with E-state index in [9.17, 15) is 14.0 Å². The number of nitrogens with one attached hydrogen (secondary N) is 2. The number of rotatable bonds is 8. The minimum absolute atomic E-state index is 0.105. The molecule has 2 N–H and O–H groups in total. The van der Waals surface area contributed by atoms with Gasteiger partial charge in [0.25, 0.3) is 0 Å². The molecule has 2 heterocycles. The van der Waals surface area contributed by atoms with Gasteiger partial charge in [-0.3, -0.25) is 9.59 Å². The van der Waals surface area contributed by atoms with Crippen molar-refractivity contribution >= 4 is 34.7 Å². The molecule has 0 spiro atoms. The van der Waals surface area contributed by atoms with Gasteiger partial charge in [0, 0.05) is 24.2 Å². The molecule has 1 aliphatic carbocycles. The number of amides is 2. The lowest BCUT2D eigenvalue weighted by Gasteiger charge is -2.12. The molecule has 2 aromatic heterocycles. The first-order valence-electron chi connectivity index (χ1n) is 10.6. The maximum atomic E-state index is 14.2. The van der Waals surface area contributed by atoms with E-state index in [1.54, 1.807) is 24.5 Å². The molecule has 0 aliphatic heterocycles. The number of aryl methyl sites for hydroxylation is 2. The molecule has 0 atom stereocenters. The Bertz CT molecular complexity index is 1160. The SMILES string of the molecule is CC(=O)Nc1cc(CCc2cnc(CC(=O)Nc3cc(C4(C)CC4)ccc3F)s2)ccn1. The third-order valence-electron chi connectivity index (χ3n) is 5.64. The van der Waals surface area contributed by atoms with Gasteiger partial charge in [-0.1, -0.05) is 13.0 Å². The van der Waals surface area contributed by atoms with Crippen LogP contribution in [-0.2, 0) is 34.3 Å². The summed E-state index contributed by atoms with van der Waals surface area (Å²) in [5.41, 5.74) is 2.44. The second kappa shape index (κ2) is 9.16. The van der Waals surface area contributed by atoms with Crippen molar-refractivity contribution in [2.75, 3.05) is 10.6 Å². The second-order valence-electron chi connectivity index (χ2n) is 8.43. The van der Waals surface area contributed by atoms with Gasteiger partial charge in [0.2, 0.25) is 11.8 Å². The summed E-state index contributed by atoms with van der Waals surface area (Å²) in [4.78, 5) is 33.2. The van der Waals surface area contributed by atoms with E-state index in [1.807, 2.05) is 12.1 Å². The molecule has 1 fully saturated rings. The number of thiazole rings is 1. The molecule has 8 heteroatoms. The molecule has 0 radical (unpaired) electrons. The van der Waals surface area contributed by atoms with Crippen molar-refractivity contribution < 1.29 is 14.0 Å². The minimum atomic E-state index is -0.429.